The minimum absolute atomic E-state index is 1.09. The standard InChI is InChI=1S/C5H7IN2S/c1-3-4(7-2)9-5(6)8-3/h7H,1-2H3. The average Bonchev–Trinajstić information content (AvgIpc) is 2.10. The Bertz CT molecular complexity index is 209. The van der Waals surface area contributed by atoms with Crippen molar-refractivity contribution in [3.8, 4) is 0 Å². The number of rotatable bonds is 1. The third-order valence-corrected chi connectivity index (χ3v) is 2.86. The van der Waals surface area contributed by atoms with Gasteiger partial charge in [0.1, 0.15) is 5.00 Å². The Morgan fingerprint density at radius 1 is 1.67 bits per heavy atom. The molecule has 0 saturated carbocycles. The van der Waals surface area contributed by atoms with Crippen LogP contribution >= 0.6 is 33.9 Å². The van der Waals surface area contributed by atoms with Gasteiger partial charge in [0, 0.05) is 7.05 Å². The second-order valence-corrected chi connectivity index (χ2v) is 4.38. The lowest BCUT2D eigenvalue weighted by molar-refractivity contribution is 1.23. The summed E-state index contributed by atoms with van der Waals surface area (Å²) >= 11 is 3.90. The van der Waals surface area contributed by atoms with Crippen molar-refractivity contribution in [2.75, 3.05) is 12.4 Å². The van der Waals surface area contributed by atoms with Crippen LogP contribution in [0.25, 0.3) is 0 Å². The number of aromatic nitrogens is 1. The van der Waals surface area contributed by atoms with Crippen LogP contribution in [0.3, 0.4) is 0 Å². The number of hydrogen-bond acceptors (Lipinski definition) is 3. The van der Waals surface area contributed by atoms with E-state index < -0.39 is 0 Å². The fourth-order valence-electron chi connectivity index (χ4n) is 0.595. The lowest BCUT2D eigenvalue weighted by Gasteiger charge is -1.90. The van der Waals surface area contributed by atoms with Gasteiger partial charge in [0.2, 0.25) is 0 Å². The van der Waals surface area contributed by atoms with E-state index in [1.807, 2.05) is 14.0 Å². The maximum atomic E-state index is 4.22. The quantitative estimate of drug-likeness (QED) is 0.776. The highest BCUT2D eigenvalue weighted by molar-refractivity contribution is 14.1. The van der Waals surface area contributed by atoms with Crippen molar-refractivity contribution in [1.29, 1.82) is 0 Å². The zero-order valence-electron chi connectivity index (χ0n) is 5.23. The van der Waals surface area contributed by atoms with Crippen molar-refractivity contribution in [2.45, 2.75) is 6.92 Å². The van der Waals surface area contributed by atoms with E-state index >= 15 is 0 Å². The van der Waals surface area contributed by atoms with Crippen LogP contribution in [0.15, 0.2) is 0 Å². The summed E-state index contributed by atoms with van der Waals surface area (Å²) in [7, 11) is 1.91. The smallest absolute Gasteiger partial charge is 0.156 e. The van der Waals surface area contributed by atoms with Gasteiger partial charge >= 0.3 is 0 Å². The highest BCUT2D eigenvalue weighted by Gasteiger charge is 2.00. The summed E-state index contributed by atoms with van der Waals surface area (Å²) in [5.74, 6) is 0. The lowest BCUT2D eigenvalue weighted by atomic mass is 10.5. The third kappa shape index (κ3) is 1.54. The summed E-state index contributed by atoms with van der Waals surface area (Å²) in [6.45, 7) is 2.00. The van der Waals surface area contributed by atoms with Gasteiger partial charge in [0.15, 0.2) is 3.01 Å². The highest BCUT2D eigenvalue weighted by atomic mass is 127. The van der Waals surface area contributed by atoms with Gasteiger partial charge in [0.25, 0.3) is 0 Å². The SMILES string of the molecule is CNc1sc(I)nc1C. The molecule has 50 valence electrons. The van der Waals surface area contributed by atoms with Gasteiger partial charge < -0.3 is 5.32 Å². The molecule has 0 aliphatic heterocycles. The van der Waals surface area contributed by atoms with Crippen molar-refractivity contribution in [2.24, 2.45) is 0 Å². The number of aryl methyl sites for hydroxylation is 1. The number of nitrogens with one attached hydrogen (secondary N) is 1. The second kappa shape index (κ2) is 2.83. The van der Waals surface area contributed by atoms with E-state index in [-0.39, 0.29) is 0 Å². The molecule has 4 heteroatoms. The zero-order valence-corrected chi connectivity index (χ0v) is 8.21. The Morgan fingerprint density at radius 2 is 2.33 bits per heavy atom. The maximum Gasteiger partial charge on any atom is 0.156 e. The molecule has 9 heavy (non-hydrogen) atoms. The Balaban J connectivity index is 3.01. The van der Waals surface area contributed by atoms with E-state index in [9.17, 15) is 0 Å². The first kappa shape index (κ1) is 7.27. The van der Waals surface area contributed by atoms with E-state index in [0.717, 1.165) is 8.71 Å². The molecule has 1 N–H and O–H groups in total. The molecule has 1 rings (SSSR count). The van der Waals surface area contributed by atoms with Gasteiger partial charge in [-0.05, 0) is 29.5 Å². The largest absolute Gasteiger partial charge is 0.378 e. The van der Waals surface area contributed by atoms with Crippen LogP contribution in [0.2, 0.25) is 0 Å². The number of anilines is 1. The van der Waals surface area contributed by atoms with Crippen molar-refractivity contribution >= 4 is 38.9 Å². The summed E-state index contributed by atoms with van der Waals surface area (Å²) in [4.78, 5) is 4.22. The molecule has 0 spiro atoms. The molecule has 0 aromatic carbocycles. The van der Waals surface area contributed by atoms with Gasteiger partial charge in [0.05, 0.1) is 5.69 Å². The molecule has 0 aliphatic rings. The first-order chi connectivity index (χ1) is 4.24. The topological polar surface area (TPSA) is 24.9 Å². The van der Waals surface area contributed by atoms with Crippen molar-refractivity contribution < 1.29 is 0 Å². The summed E-state index contributed by atoms with van der Waals surface area (Å²) < 4.78 is 1.09. The van der Waals surface area contributed by atoms with Gasteiger partial charge in [-0.15, -0.1) is 0 Å². The molecule has 2 nitrogen and oxygen atoms in total. The molecule has 1 aromatic heterocycles. The molecular weight excluding hydrogens is 247 g/mol. The Labute approximate surface area is 71.8 Å². The van der Waals surface area contributed by atoms with E-state index in [4.69, 9.17) is 0 Å². The van der Waals surface area contributed by atoms with Crippen molar-refractivity contribution in [1.82, 2.24) is 4.98 Å². The summed E-state index contributed by atoms with van der Waals surface area (Å²) in [6, 6.07) is 0. The van der Waals surface area contributed by atoms with Crippen LogP contribution in [-0.2, 0) is 0 Å². The number of halogens is 1. The molecule has 0 saturated heterocycles. The molecule has 0 atom stereocenters. The van der Waals surface area contributed by atoms with Crippen LogP contribution in [0.1, 0.15) is 5.69 Å². The lowest BCUT2D eigenvalue weighted by Crippen LogP contribution is -1.85. The van der Waals surface area contributed by atoms with Crippen molar-refractivity contribution in [3.63, 3.8) is 0 Å². The molecule has 0 aliphatic carbocycles. The summed E-state index contributed by atoms with van der Waals surface area (Å²) in [5, 5.41) is 4.23. The van der Waals surface area contributed by atoms with Crippen LogP contribution in [-0.4, -0.2) is 12.0 Å². The summed E-state index contributed by atoms with van der Waals surface area (Å²) in [6.07, 6.45) is 0. The first-order valence-corrected chi connectivity index (χ1v) is 4.44. The molecular formula is C5H7IN2S. The second-order valence-electron chi connectivity index (χ2n) is 1.63. The van der Waals surface area contributed by atoms with Crippen LogP contribution in [0, 0.1) is 9.94 Å². The molecule has 0 amide bonds. The van der Waals surface area contributed by atoms with Gasteiger partial charge in [-0.1, -0.05) is 11.3 Å². The maximum absolute atomic E-state index is 4.22. The third-order valence-electron chi connectivity index (χ3n) is 0.998. The highest BCUT2D eigenvalue weighted by Crippen LogP contribution is 2.23. The van der Waals surface area contributed by atoms with Crippen LogP contribution in [0.4, 0.5) is 5.00 Å². The van der Waals surface area contributed by atoms with Gasteiger partial charge in [-0.2, -0.15) is 0 Å². The van der Waals surface area contributed by atoms with E-state index in [1.165, 1.54) is 5.00 Å². The van der Waals surface area contributed by atoms with Crippen molar-refractivity contribution in [3.05, 3.63) is 8.71 Å². The molecule has 0 radical (unpaired) electrons. The number of thiazole rings is 1. The number of hydrogen-bond donors (Lipinski definition) is 1. The van der Waals surface area contributed by atoms with E-state index in [0.29, 0.717) is 0 Å². The fraction of sp³-hybridized carbons (Fsp3) is 0.400. The fourth-order valence-corrected chi connectivity index (χ4v) is 2.26. The molecule has 0 bridgehead atoms. The summed E-state index contributed by atoms with van der Waals surface area (Å²) in [5.41, 5.74) is 1.09. The minimum Gasteiger partial charge on any atom is -0.378 e. The molecule has 1 heterocycles. The molecule has 1 aromatic rings. The minimum atomic E-state index is 1.09. The molecule has 0 fully saturated rings. The van der Waals surface area contributed by atoms with E-state index in [1.54, 1.807) is 11.3 Å². The van der Waals surface area contributed by atoms with E-state index in [2.05, 4.69) is 32.9 Å². The molecule has 0 unspecified atom stereocenters. The Morgan fingerprint density at radius 3 is 2.56 bits per heavy atom. The Kier molecular flexibility index (Phi) is 2.29. The average molecular weight is 254 g/mol. The monoisotopic (exact) mass is 254 g/mol. The predicted octanol–water partition coefficient (Wildman–Crippen LogP) is 2.10. The first-order valence-electron chi connectivity index (χ1n) is 2.54. The van der Waals surface area contributed by atoms with Crippen LogP contribution in [0.5, 0.6) is 0 Å². The van der Waals surface area contributed by atoms with Gasteiger partial charge in [-0.3, -0.25) is 0 Å². The number of nitrogens with zero attached hydrogens (tertiary/aromatic N) is 1. The predicted molar refractivity (Wildman–Crippen MR) is 49.1 cm³/mol. The normalized spacial score (nSPS) is 9.67. The Hall–Kier alpha value is 0.160. The zero-order chi connectivity index (χ0) is 6.85. The van der Waals surface area contributed by atoms with Gasteiger partial charge in [-0.25, -0.2) is 4.98 Å². The van der Waals surface area contributed by atoms with Crippen LogP contribution < -0.4 is 5.32 Å².